The van der Waals surface area contributed by atoms with Crippen LogP contribution in [0, 0.1) is 13.8 Å². The van der Waals surface area contributed by atoms with Gasteiger partial charge in [-0.3, -0.25) is 4.90 Å². The number of aromatic nitrogens is 2. The van der Waals surface area contributed by atoms with Crippen molar-refractivity contribution in [3.63, 3.8) is 0 Å². The molecule has 0 unspecified atom stereocenters. The molecule has 2 rings (SSSR count). The number of unbranched alkanes of at least 4 members (excludes halogenated alkanes) is 1. The van der Waals surface area contributed by atoms with Crippen molar-refractivity contribution < 1.29 is 0 Å². The average molecular weight is 292 g/mol. The van der Waals surface area contributed by atoms with E-state index in [-0.39, 0.29) is 0 Å². The Morgan fingerprint density at radius 1 is 1.25 bits per heavy atom. The minimum Gasteiger partial charge on any atom is -0.372 e. The van der Waals surface area contributed by atoms with Crippen molar-refractivity contribution in [1.82, 2.24) is 14.9 Å². The lowest BCUT2D eigenvalue weighted by atomic mass is 10.2. The van der Waals surface area contributed by atoms with E-state index in [0.29, 0.717) is 0 Å². The summed E-state index contributed by atoms with van der Waals surface area (Å²) in [5, 5.41) is 4.39. The summed E-state index contributed by atoms with van der Waals surface area (Å²) in [6.07, 6.45) is 2.43. The minimum absolute atomic E-state index is 0.806. The van der Waals surface area contributed by atoms with E-state index in [1.54, 1.807) is 11.3 Å². The van der Waals surface area contributed by atoms with Gasteiger partial charge in [0.05, 0.1) is 11.9 Å². The SMILES string of the molecule is CCCCN(C)Cc1nc(NC)c2c(C)c(C)sc2n1. The number of rotatable bonds is 6. The maximum absolute atomic E-state index is 4.74. The van der Waals surface area contributed by atoms with Crippen molar-refractivity contribution in [2.75, 3.05) is 26.0 Å². The van der Waals surface area contributed by atoms with Gasteiger partial charge in [-0.2, -0.15) is 0 Å². The van der Waals surface area contributed by atoms with Crippen LogP contribution in [-0.2, 0) is 6.54 Å². The van der Waals surface area contributed by atoms with Crippen LogP contribution in [0.4, 0.5) is 5.82 Å². The van der Waals surface area contributed by atoms with Gasteiger partial charge in [0, 0.05) is 11.9 Å². The Hall–Kier alpha value is -1.20. The first-order valence-electron chi connectivity index (χ1n) is 7.19. The third-order valence-electron chi connectivity index (χ3n) is 3.62. The first kappa shape index (κ1) is 15.2. The number of anilines is 1. The summed E-state index contributed by atoms with van der Waals surface area (Å²) in [6, 6.07) is 0. The van der Waals surface area contributed by atoms with Crippen molar-refractivity contribution in [3.8, 4) is 0 Å². The molecule has 1 N–H and O–H groups in total. The molecular formula is C15H24N4S. The second-order valence-electron chi connectivity index (χ2n) is 5.29. The van der Waals surface area contributed by atoms with Crippen LogP contribution in [0.25, 0.3) is 10.2 Å². The van der Waals surface area contributed by atoms with Crippen LogP contribution in [0.15, 0.2) is 0 Å². The Morgan fingerprint density at radius 2 is 2.00 bits per heavy atom. The van der Waals surface area contributed by atoms with Gasteiger partial charge in [-0.1, -0.05) is 13.3 Å². The number of nitrogens with zero attached hydrogens (tertiary/aromatic N) is 3. The molecule has 0 aromatic carbocycles. The molecule has 0 fully saturated rings. The summed E-state index contributed by atoms with van der Waals surface area (Å²) in [6.45, 7) is 8.40. The molecule has 0 radical (unpaired) electrons. The normalized spacial score (nSPS) is 11.5. The maximum atomic E-state index is 4.74. The zero-order valence-electron chi connectivity index (χ0n) is 13.1. The molecule has 0 atom stereocenters. The lowest BCUT2D eigenvalue weighted by Crippen LogP contribution is -2.20. The highest BCUT2D eigenvalue weighted by atomic mass is 32.1. The lowest BCUT2D eigenvalue weighted by molar-refractivity contribution is 0.313. The zero-order chi connectivity index (χ0) is 14.7. The quantitative estimate of drug-likeness (QED) is 0.883. The average Bonchev–Trinajstić information content (AvgIpc) is 2.71. The number of thiophene rings is 1. The maximum Gasteiger partial charge on any atom is 0.146 e. The number of nitrogens with one attached hydrogen (secondary N) is 1. The van der Waals surface area contributed by atoms with Gasteiger partial charge < -0.3 is 5.32 Å². The summed E-state index contributed by atoms with van der Waals surface area (Å²) in [5.74, 6) is 1.86. The predicted molar refractivity (Wildman–Crippen MR) is 87.7 cm³/mol. The molecule has 110 valence electrons. The summed E-state index contributed by atoms with van der Waals surface area (Å²) in [4.78, 5) is 14.1. The van der Waals surface area contributed by atoms with E-state index < -0.39 is 0 Å². The standard InChI is InChI=1S/C15H24N4S/c1-6-7-8-19(5)9-12-17-14(16-4)13-10(2)11(3)20-15(13)18-12/h6-9H2,1-5H3,(H,16,17,18). The van der Waals surface area contributed by atoms with Crippen LogP contribution >= 0.6 is 11.3 Å². The third-order valence-corrected chi connectivity index (χ3v) is 4.72. The van der Waals surface area contributed by atoms with Crippen molar-refractivity contribution in [1.29, 1.82) is 0 Å². The topological polar surface area (TPSA) is 41.1 Å². The predicted octanol–water partition coefficient (Wildman–Crippen LogP) is 3.58. The molecule has 0 aliphatic carbocycles. The Labute approximate surface area is 125 Å². The molecular weight excluding hydrogens is 268 g/mol. The van der Waals surface area contributed by atoms with Crippen molar-refractivity contribution >= 4 is 27.4 Å². The Bertz CT molecular complexity index is 591. The summed E-state index contributed by atoms with van der Waals surface area (Å²) >= 11 is 1.76. The van der Waals surface area contributed by atoms with Gasteiger partial charge in [-0.25, -0.2) is 9.97 Å². The van der Waals surface area contributed by atoms with Crippen molar-refractivity contribution in [2.45, 2.75) is 40.2 Å². The van der Waals surface area contributed by atoms with Crippen LogP contribution < -0.4 is 5.32 Å². The highest BCUT2D eigenvalue weighted by Gasteiger charge is 2.14. The van der Waals surface area contributed by atoms with E-state index in [0.717, 1.165) is 29.6 Å². The molecule has 0 amide bonds. The Kier molecular flexibility index (Phi) is 4.94. The smallest absolute Gasteiger partial charge is 0.146 e. The Morgan fingerprint density at radius 3 is 2.65 bits per heavy atom. The Balaban J connectivity index is 2.31. The van der Waals surface area contributed by atoms with Gasteiger partial charge in [-0.05, 0) is 39.4 Å². The molecule has 0 bridgehead atoms. The largest absolute Gasteiger partial charge is 0.372 e. The molecule has 0 saturated heterocycles. The fourth-order valence-corrected chi connectivity index (χ4v) is 3.34. The monoisotopic (exact) mass is 292 g/mol. The first-order valence-corrected chi connectivity index (χ1v) is 8.01. The molecule has 0 aliphatic heterocycles. The van der Waals surface area contributed by atoms with E-state index in [1.807, 2.05) is 7.05 Å². The van der Waals surface area contributed by atoms with Gasteiger partial charge >= 0.3 is 0 Å². The number of fused-ring (bicyclic) bond motifs is 1. The molecule has 2 aromatic heterocycles. The molecule has 20 heavy (non-hydrogen) atoms. The van der Waals surface area contributed by atoms with Crippen LogP contribution in [0.1, 0.15) is 36.0 Å². The molecule has 4 nitrogen and oxygen atoms in total. The van der Waals surface area contributed by atoms with Gasteiger partial charge in [0.25, 0.3) is 0 Å². The first-order chi connectivity index (χ1) is 9.56. The molecule has 5 heteroatoms. The van der Waals surface area contributed by atoms with Crippen molar-refractivity contribution in [3.05, 3.63) is 16.3 Å². The van der Waals surface area contributed by atoms with Crippen LogP contribution in [0.5, 0.6) is 0 Å². The fourth-order valence-electron chi connectivity index (χ4n) is 2.29. The number of hydrogen-bond acceptors (Lipinski definition) is 5. The minimum atomic E-state index is 0.806. The zero-order valence-corrected chi connectivity index (χ0v) is 13.9. The van der Waals surface area contributed by atoms with Crippen LogP contribution in [0.3, 0.4) is 0 Å². The van der Waals surface area contributed by atoms with Crippen LogP contribution in [-0.4, -0.2) is 35.5 Å². The number of aryl methyl sites for hydroxylation is 2. The summed E-state index contributed by atoms with van der Waals surface area (Å²) in [7, 11) is 4.06. The highest BCUT2D eigenvalue weighted by molar-refractivity contribution is 7.18. The molecule has 0 saturated carbocycles. The van der Waals surface area contributed by atoms with E-state index in [9.17, 15) is 0 Å². The highest BCUT2D eigenvalue weighted by Crippen LogP contribution is 2.33. The van der Waals surface area contributed by atoms with Gasteiger partial charge in [-0.15, -0.1) is 11.3 Å². The third kappa shape index (κ3) is 3.10. The fraction of sp³-hybridized carbons (Fsp3) is 0.600. The van der Waals surface area contributed by atoms with Gasteiger partial charge in [0.15, 0.2) is 0 Å². The van der Waals surface area contributed by atoms with E-state index in [2.05, 4.69) is 43.0 Å². The van der Waals surface area contributed by atoms with Crippen molar-refractivity contribution in [2.24, 2.45) is 0 Å². The second-order valence-corrected chi connectivity index (χ2v) is 6.50. The van der Waals surface area contributed by atoms with E-state index in [1.165, 1.54) is 28.7 Å². The number of hydrogen-bond donors (Lipinski definition) is 1. The second kappa shape index (κ2) is 6.50. The van der Waals surface area contributed by atoms with Crippen LogP contribution in [0.2, 0.25) is 0 Å². The van der Waals surface area contributed by atoms with Gasteiger partial charge in [0.1, 0.15) is 16.5 Å². The van der Waals surface area contributed by atoms with Gasteiger partial charge in [0.2, 0.25) is 0 Å². The molecule has 2 aromatic rings. The molecule has 0 aliphatic rings. The lowest BCUT2D eigenvalue weighted by Gasteiger charge is -2.15. The molecule has 2 heterocycles. The summed E-state index contributed by atoms with van der Waals surface area (Å²) in [5.41, 5.74) is 1.29. The molecule has 0 spiro atoms. The summed E-state index contributed by atoms with van der Waals surface area (Å²) < 4.78 is 0. The van der Waals surface area contributed by atoms with E-state index in [4.69, 9.17) is 4.98 Å². The van der Waals surface area contributed by atoms with E-state index >= 15 is 0 Å².